The van der Waals surface area contributed by atoms with Gasteiger partial charge in [-0.2, -0.15) is 0 Å². The Balaban J connectivity index is 0.988. The van der Waals surface area contributed by atoms with E-state index in [4.69, 9.17) is 9.47 Å². The first-order chi connectivity index (χ1) is 21.0. The Labute approximate surface area is 255 Å². The molecule has 4 bridgehead atoms. The van der Waals surface area contributed by atoms with Gasteiger partial charge in [0.2, 0.25) is 0 Å². The number of rotatable bonds is 9. The van der Waals surface area contributed by atoms with Crippen molar-refractivity contribution in [3.8, 4) is 0 Å². The topological polar surface area (TPSA) is 103 Å². The van der Waals surface area contributed by atoms with Gasteiger partial charge in [-0.25, -0.2) is 4.79 Å². The molecule has 0 aromatic heterocycles. The first-order valence-electron chi connectivity index (χ1n) is 16.5. The maximum atomic E-state index is 13.0. The van der Waals surface area contributed by atoms with Crippen LogP contribution in [0.2, 0.25) is 0 Å². The number of carbonyl (C=O) groups excluding carboxylic acids is 1. The van der Waals surface area contributed by atoms with Crippen molar-refractivity contribution in [1.82, 2.24) is 15.5 Å². The molecule has 4 saturated carbocycles. The minimum Gasteiger partial charge on any atom is -0.395 e. The number of benzene rings is 2. The van der Waals surface area contributed by atoms with Crippen LogP contribution in [-0.2, 0) is 22.6 Å². The van der Waals surface area contributed by atoms with E-state index in [1.54, 1.807) is 0 Å². The number of ether oxygens (including phenoxy) is 2. The van der Waals surface area contributed by atoms with Gasteiger partial charge in [0.05, 0.1) is 25.4 Å². The second kappa shape index (κ2) is 12.5. The van der Waals surface area contributed by atoms with Crippen LogP contribution in [-0.4, -0.2) is 58.5 Å². The number of likely N-dealkylation sites (tertiary alicyclic amines) is 1. The number of hydrogen-bond donors (Lipinski definition) is 4. The molecule has 4 aliphatic carbocycles. The Morgan fingerprint density at radius 1 is 0.860 bits per heavy atom. The van der Waals surface area contributed by atoms with Gasteiger partial charge in [-0.1, -0.05) is 48.5 Å². The van der Waals surface area contributed by atoms with E-state index in [1.807, 2.05) is 48.5 Å². The predicted octanol–water partition coefficient (Wildman–Crippen LogP) is 4.95. The third-order valence-electron chi connectivity index (χ3n) is 10.9. The molecule has 4 N–H and O–H groups in total. The summed E-state index contributed by atoms with van der Waals surface area (Å²) in [6, 6.07) is 16.3. The van der Waals surface area contributed by atoms with Gasteiger partial charge in [0.25, 0.3) is 0 Å². The van der Waals surface area contributed by atoms with Crippen LogP contribution in [0, 0.1) is 17.8 Å². The van der Waals surface area contributed by atoms with E-state index in [1.165, 1.54) is 19.3 Å². The molecule has 232 valence electrons. The molecule has 6 fully saturated rings. The fourth-order valence-electron chi connectivity index (χ4n) is 9.16. The van der Waals surface area contributed by atoms with Crippen molar-refractivity contribution in [1.29, 1.82) is 0 Å². The normalized spacial score (nSPS) is 35.3. The highest BCUT2D eigenvalue weighted by atomic mass is 16.7. The van der Waals surface area contributed by atoms with E-state index in [0.29, 0.717) is 6.54 Å². The molecule has 2 aromatic carbocycles. The summed E-state index contributed by atoms with van der Waals surface area (Å²) in [5.41, 5.74) is 3.94. The minimum absolute atomic E-state index is 0.0100. The number of nitrogens with one attached hydrogen (secondary N) is 2. The molecule has 4 atom stereocenters. The van der Waals surface area contributed by atoms with Gasteiger partial charge >= 0.3 is 6.03 Å². The average molecular weight is 590 g/mol. The first-order valence-corrected chi connectivity index (χ1v) is 16.5. The lowest BCUT2D eigenvalue weighted by Crippen LogP contribution is -2.61. The molecule has 6 aliphatic rings. The second-order valence-corrected chi connectivity index (χ2v) is 14.1. The fraction of sp³-hybridized carbons (Fsp3) is 0.629. The maximum absolute atomic E-state index is 13.0. The zero-order chi connectivity index (χ0) is 29.4. The monoisotopic (exact) mass is 589 g/mol. The van der Waals surface area contributed by atoms with Crippen molar-refractivity contribution in [3.63, 3.8) is 0 Å². The maximum Gasteiger partial charge on any atom is 0.315 e. The Kier molecular flexibility index (Phi) is 8.49. The predicted molar refractivity (Wildman–Crippen MR) is 163 cm³/mol. The van der Waals surface area contributed by atoms with Gasteiger partial charge in [-0.3, -0.25) is 4.90 Å². The number of aliphatic hydroxyl groups excluding tert-OH is 2. The van der Waals surface area contributed by atoms with Gasteiger partial charge in [0, 0.05) is 36.7 Å². The lowest BCUT2D eigenvalue weighted by Gasteiger charge is -2.56. The summed E-state index contributed by atoms with van der Waals surface area (Å²) < 4.78 is 13.1. The molecule has 2 amide bonds. The molecule has 0 radical (unpaired) electrons. The fourth-order valence-corrected chi connectivity index (χ4v) is 9.16. The molecule has 2 saturated heterocycles. The Morgan fingerprint density at radius 3 is 2.16 bits per heavy atom. The van der Waals surface area contributed by atoms with Gasteiger partial charge in [-0.15, -0.1) is 0 Å². The average Bonchev–Trinajstić information content (AvgIpc) is 3.46. The van der Waals surface area contributed by atoms with Crippen molar-refractivity contribution >= 4 is 6.03 Å². The lowest BCUT2D eigenvalue weighted by molar-refractivity contribution is -0.253. The van der Waals surface area contributed by atoms with Crippen molar-refractivity contribution in [2.45, 2.75) is 101 Å². The van der Waals surface area contributed by atoms with E-state index in [2.05, 4.69) is 15.5 Å². The molecular weight excluding hydrogens is 542 g/mol. The summed E-state index contributed by atoms with van der Waals surface area (Å²) in [5, 5.41) is 25.9. The quantitative estimate of drug-likeness (QED) is 0.330. The van der Waals surface area contributed by atoms with Crippen LogP contribution in [0.3, 0.4) is 0 Å². The van der Waals surface area contributed by atoms with Crippen molar-refractivity contribution in [2.75, 3.05) is 19.7 Å². The highest BCUT2D eigenvalue weighted by molar-refractivity contribution is 5.75. The van der Waals surface area contributed by atoms with Crippen LogP contribution in [0.5, 0.6) is 0 Å². The molecule has 43 heavy (non-hydrogen) atoms. The lowest BCUT2D eigenvalue weighted by atomic mass is 9.53. The largest absolute Gasteiger partial charge is 0.395 e. The summed E-state index contributed by atoms with van der Waals surface area (Å²) in [6.45, 7) is 2.41. The summed E-state index contributed by atoms with van der Waals surface area (Å²) >= 11 is 0. The van der Waals surface area contributed by atoms with E-state index in [9.17, 15) is 15.0 Å². The smallest absolute Gasteiger partial charge is 0.315 e. The Hall–Kier alpha value is -2.49. The van der Waals surface area contributed by atoms with Crippen LogP contribution in [0.4, 0.5) is 4.79 Å². The van der Waals surface area contributed by atoms with Crippen LogP contribution in [0.25, 0.3) is 0 Å². The van der Waals surface area contributed by atoms with E-state index < -0.39 is 6.29 Å². The number of hydrogen-bond acceptors (Lipinski definition) is 6. The number of amides is 2. The highest BCUT2D eigenvalue weighted by Crippen LogP contribution is 2.55. The van der Waals surface area contributed by atoms with Gasteiger partial charge in [0.15, 0.2) is 6.29 Å². The zero-order valence-corrected chi connectivity index (χ0v) is 25.1. The van der Waals surface area contributed by atoms with Gasteiger partial charge in [0.1, 0.15) is 0 Å². The van der Waals surface area contributed by atoms with Gasteiger partial charge in [-0.05, 0) is 92.4 Å². The van der Waals surface area contributed by atoms with E-state index in [-0.39, 0.29) is 43.0 Å². The van der Waals surface area contributed by atoms with Crippen LogP contribution in [0.15, 0.2) is 48.5 Å². The third kappa shape index (κ3) is 6.50. The van der Waals surface area contributed by atoms with E-state index in [0.717, 1.165) is 91.6 Å². The molecule has 8 rings (SSSR count). The molecule has 2 aliphatic heterocycles. The van der Waals surface area contributed by atoms with Crippen molar-refractivity contribution in [2.24, 2.45) is 17.8 Å². The summed E-state index contributed by atoms with van der Waals surface area (Å²) in [4.78, 5) is 15.3. The van der Waals surface area contributed by atoms with Crippen molar-refractivity contribution in [3.05, 3.63) is 70.8 Å². The number of carbonyl (C=O) groups is 1. The third-order valence-corrected chi connectivity index (χ3v) is 10.9. The second-order valence-electron chi connectivity index (χ2n) is 14.1. The number of urea groups is 1. The number of aliphatic hydroxyl groups is 2. The van der Waals surface area contributed by atoms with E-state index >= 15 is 0 Å². The molecule has 8 heteroatoms. The van der Waals surface area contributed by atoms with Crippen LogP contribution < -0.4 is 10.6 Å². The van der Waals surface area contributed by atoms with Crippen molar-refractivity contribution < 1.29 is 24.5 Å². The first kappa shape index (κ1) is 29.2. The molecule has 2 heterocycles. The molecular formula is C35H47N3O5. The van der Waals surface area contributed by atoms with Crippen LogP contribution in [0.1, 0.15) is 92.4 Å². The Morgan fingerprint density at radius 2 is 1.51 bits per heavy atom. The zero-order valence-electron chi connectivity index (χ0n) is 25.1. The van der Waals surface area contributed by atoms with Crippen LogP contribution >= 0.6 is 0 Å². The summed E-state index contributed by atoms with van der Waals surface area (Å²) in [5.74, 6) is 2.40. The molecule has 4 unspecified atom stereocenters. The Bertz CT molecular complexity index is 1220. The molecule has 8 nitrogen and oxygen atoms in total. The van der Waals surface area contributed by atoms with Gasteiger partial charge < -0.3 is 30.3 Å². The SMILES string of the molecule is O=C(NCc1ccc(C2OC(CN3CCCC3CO)CC(c3ccc(CO)cc3)O2)cc1)NC12CC3CC(CC(C3)C1)C2. The standard InChI is InChI=1S/C35H47N3O5/c39-21-24-5-7-28(8-6-24)32-15-31(20-38-11-1-2-30(38)22-40)42-33(43-32)29-9-3-23(4-10-29)19-36-34(41)37-35-16-25-12-26(17-35)14-27(13-25)18-35/h3-10,25-27,30-33,39-40H,1-2,11-22H2,(H2,36,37,41). The summed E-state index contributed by atoms with van der Waals surface area (Å²) in [6.07, 6.45) is 9.68. The number of nitrogens with zero attached hydrogens (tertiary/aromatic N) is 1. The summed E-state index contributed by atoms with van der Waals surface area (Å²) in [7, 11) is 0. The minimum atomic E-state index is -0.516. The molecule has 0 spiro atoms. The highest BCUT2D eigenvalue weighted by Gasteiger charge is 2.51. The molecule has 2 aromatic rings.